The van der Waals surface area contributed by atoms with Gasteiger partial charge >= 0.3 is 0 Å². The van der Waals surface area contributed by atoms with Crippen LogP contribution in [0.4, 0.5) is 4.39 Å². The van der Waals surface area contributed by atoms with Crippen molar-refractivity contribution in [3.8, 4) is 11.5 Å². The normalized spacial score (nSPS) is 11.0. The number of nitrogens with one attached hydrogen (secondary N) is 1. The molecule has 2 heterocycles. The van der Waals surface area contributed by atoms with Crippen LogP contribution in [0, 0.1) is 5.82 Å². The van der Waals surface area contributed by atoms with Crippen LogP contribution < -0.4 is 0 Å². The molecule has 0 atom stereocenters. The molecule has 15 heavy (non-hydrogen) atoms. The van der Waals surface area contributed by atoms with Crippen LogP contribution in [-0.2, 0) is 0 Å². The Bertz CT molecular complexity index is 600. The second-order valence-corrected chi connectivity index (χ2v) is 3.81. The topological polar surface area (TPSA) is 41.6 Å². The van der Waals surface area contributed by atoms with Crippen LogP contribution in [0.2, 0.25) is 0 Å². The molecule has 3 aromatic rings. The van der Waals surface area contributed by atoms with Crippen molar-refractivity contribution in [3.05, 3.63) is 34.9 Å². The van der Waals surface area contributed by atoms with Crippen molar-refractivity contribution in [2.45, 2.75) is 0 Å². The van der Waals surface area contributed by atoms with Gasteiger partial charge in [0, 0.05) is 5.38 Å². The Hall–Kier alpha value is -1.75. The molecule has 1 N–H and O–H groups in total. The Balaban J connectivity index is 2.27. The van der Waals surface area contributed by atoms with E-state index < -0.39 is 0 Å². The van der Waals surface area contributed by atoms with Gasteiger partial charge in [0.1, 0.15) is 11.2 Å². The fourth-order valence-corrected chi connectivity index (χ4v) is 1.98. The molecular weight excluding hydrogens is 213 g/mol. The molecule has 0 spiro atoms. The molecule has 74 valence electrons. The van der Waals surface area contributed by atoms with Crippen LogP contribution in [0.1, 0.15) is 0 Å². The molecule has 2 aromatic heterocycles. The van der Waals surface area contributed by atoms with Gasteiger partial charge in [-0.25, -0.2) is 14.4 Å². The Labute approximate surface area is 88.6 Å². The molecule has 0 radical (unpaired) electrons. The van der Waals surface area contributed by atoms with E-state index in [1.165, 1.54) is 17.4 Å². The Morgan fingerprint density at radius 3 is 3.00 bits per heavy atom. The molecule has 0 aliphatic heterocycles. The van der Waals surface area contributed by atoms with Gasteiger partial charge in [-0.2, -0.15) is 0 Å². The predicted octanol–water partition coefficient (Wildman–Crippen LogP) is 2.83. The average Bonchev–Trinajstić information content (AvgIpc) is 2.86. The second-order valence-electron chi connectivity index (χ2n) is 3.10. The zero-order valence-corrected chi connectivity index (χ0v) is 8.38. The molecule has 0 saturated carbocycles. The zero-order valence-electron chi connectivity index (χ0n) is 7.57. The highest BCUT2D eigenvalue weighted by atomic mass is 32.1. The maximum absolute atomic E-state index is 13.3. The molecule has 0 aliphatic rings. The number of benzene rings is 1. The molecule has 0 unspecified atom stereocenters. The number of imidazole rings is 1. The first-order chi connectivity index (χ1) is 7.34. The maximum atomic E-state index is 13.3. The Morgan fingerprint density at radius 2 is 2.27 bits per heavy atom. The van der Waals surface area contributed by atoms with Gasteiger partial charge < -0.3 is 4.98 Å². The van der Waals surface area contributed by atoms with Gasteiger partial charge in [0.2, 0.25) is 0 Å². The first kappa shape index (κ1) is 8.55. The third-order valence-corrected chi connectivity index (χ3v) is 2.72. The summed E-state index contributed by atoms with van der Waals surface area (Å²) in [6, 6.07) is 4.84. The Morgan fingerprint density at radius 1 is 1.33 bits per heavy atom. The van der Waals surface area contributed by atoms with E-state index in [2.05, 4.69) is 15.0 Å². The molecule has 0 amide bonds. The zero-order chi connectivity index (χ0) is 10.3. The summed E-state index contributed by atoms with van der Waals surface area (Å²) in [6.45, 7) is 0. The van der Waals surface area contributed by atoms with Crippen molar-refractivity contribution in [3.63, 3.8) is 0 Å². The first-order valence-corrected chi connectivity index (χ1v) is 5.31. The summed E-state index contributed by atoms with van der Waals surface area (Å²) in [5.41, 5.74) is 3.52. The summed E-state index contributed by atoms with van der Waals surface area (Å²) < 4.78 is 13.3. The number of hydrogen-bond donors (Lipinski definition) is 1. The number of fused-ring (bicyclic) bond motifs is 1. The number of nitrogens with zero attached hydrogens (tertiary/aromatic N) is 2. The number of thiazole rings is 1. The SMILES string of the molecule is Fc1cccc2[nH]c(-c3cscn3)nc12. The predicted molar refractivity (Wildman–Crippen MR) is 57.2 cm³/mol. The minimum atomic E-state index is -0.315. The summed E-state index contributed by atoms with van der Waals surface area (Å²) in [6.07, 6.45) is 0. The Kier molecular flexibility index (Phi) is 1.78. The molecule has 1 aromatic carbocycles. The fraction of sp³-hybridized carbons (Fsp3) is 0. The van der Waals surface area contributed by atoms with Crippen molar-refractivity contribution in [1.82, 2.24) is 15.0 Å². The smallest absolute Gasteiger partial charge is 0.158 e. The summed E-state index contributed by atoms with van der Waals surface area (Å²) in [4.78, 5) is 11.3. The highest BCUT2D eigenvalue weighted by Gasteiger charge is 2.09. The lowest BCUT2D eigenvalue weighted by molar-refractivity contribution is 0.637. The lowest BCUT2D eigenvalue weighted by Crippen LogP contribution is -1.78. The van der Waals surface area contributed by atoms with Crippen LogP contribution in [0.3, 0.4) is 0 Å². The summed E-state index contributed by atoms with van der Waals surface area (Å²) in [5.74, 6) is 0.293. The van der Waals surface area contributed by atoms with E-state index in [0.717, 1.165) is 5.69 Å². The van der Waals surface area contributed by atoms with Crippen LogP contribution in [-0.4, -0.2) is 15.0 Å². The average molecular weight is 219 g/mol. The van der Waals surface area contributed by atoms with Crippen molar-refractivity contribution in [2.24, 2.45) is 0 Å². The summed E-state index contributed by atoms with van der Waals surface area (Å²) in [5, 5.41) is 1.87. The molecular formula is C10H6FN3S. The van der Waals surface area contributed by atoms with E-state index in [1.54, 1.807) is 17.6 Å². The monoisotopic (exact) mass is 219 g/mol. The lowest BCUT2D eigenvalue weighted by Gasteiger charge is -1.86. The van der Waals surface area contributed by atoms with Crippen LogP contribution in [0.5, 0.6) is 0 Å². The number of rotatable bonds is 1. The quantitative estimate of drug-likeness (QED) is 0.683. The maximum Gasteiger partial charge on any atom is 0.158 e. The third kappa shape index (κ3) is 1.32. The van der Waals surface area contributed by atoms with Crippen molar-refractivity contribution in [1.29, 1.82) is 0 Å². The number of para-hydroxylation sites is 1. The second kappa shape index (κ2) is 3.13. The van der Waals surface area contributed by atoms with Gasteiger partial charge in [-0.3, -0.25) is 0 Å². The van der Waals surface area contributed by atoms with Crippen LogP contribution in [0.25, 0.3) is 22.6 Å². The number of hydrogen-bond acceptors (Lipinski definition) is 3. The first-order valence-electron chi connectivity index (χ1n) is 4.37. The molecule has 5 heteroatoms. The summed E-state index contributed by atoms with van der Waals surface area (Å²) >= 11 is 1.48. The van der Waals surface area contributed by atoms with Gasteiger partial charge in [-0.1, -0.05) is 6.07 Å². The molecule has 0 aliphatic carbocycles. The summed E-state index contributed by atoms with van der Waals surface area (Å²) in [7, 11) is 0. The van der Waals surface area contributed by atoms with E-state index in [9.17, 15) is 4.39 Å². The van der Waals surface area contributed by atoms with Crippen LogP contribution in [0.15, 0.2) is 29.1 Å². The standard InChI is InChI=1S/C10H6FN3S/c11-6-2-1-3-7-9(6)14-10(13-7)8-4-15-5-12-8/h1-5H,(H,13,14). The van der Waals surface area contributed by atoms with Gasteiger partial charge in [-0.15, -0.1) is 11.3 Å². The minimum absolute atomic E-state index is 0.315. The minimum Gasteiger partial charge on any atom is -0.337 e. The van der Waals surface area contributed by atoms with Crippen molar-refractivity contribution < 1.29 is 4.39 Å². The van der Waals surface area contributed by atoms with E-state index in [0.29, 0.717) is 16.9 Å². The van der Waals surface area contributed by atoms with E-state index >= 15 is 0 Å². The van der Waals surface area contributed by atoms with Gasteiger partial charge in [0.25, 0.3) is 0 Å². The van der Waals surface area contributed by atoms with Crippen molar-refractivity contribution >= 4 is 22.4 Å². The number of halogens is 1. The number of aromatic amines is 1. The molecule has 0 saturated heterocycles. The van der Waals surface area contributed by atoms with E-state index in [1.807, 2.05) is 5.38 Å². The number of H-pyrrole nitrogens is 1. The van der Waals surface area contributed by atoms with E-state index in [-0.39, 0.29) is 5.82 Å². The highest BCUT2D eigenvalue weighted by molar-refractivity contribution is 7.07. The van der Waals surface area contributed by atoms with Crippen LogP contribution >= 0.6 is 11.3 Å². The molecule has 3 rings (SSSR count). The molecule has 0 fully saturated rings. The van der Waals surface area contributed by atoms with E-state index in [4.69, 9.17) is 0 Å². The molecule has 0 bridgehead atoms. The third-order valence-electron chi connectivity index (χ3n) is 2.14. The fourth-order valence-electron chi connectivity index (χ4n) is 1.45. The highest BCUT2D eigenvalue weighted by Crippen LogP contribution is 2.21. The molecule has 3 nitrogen and oxygen atoms in total. The van der Waals surface area contributed by atoms with Gasteiger partial charge in [-0.05, 0) is 12.1 Å². The van der Waals surface area contributed by atoms with Gasteiger partial charge in [0.05, 0.1) is 11.0 Å². The van der Waals surface area contributed by atoms with Gasteiger partial charge in [0.15, 0.2) is 11.6 Å². The lowest BCUT2D eigenvalue weighted by atomic mass is 10.3. The van der Waals surface area contributed by atoms with Crippen molar-refractivity contribution in [2.75, 3.05) is 0 Å². The number of aromatic nitrogens is 3. The largest absolute Gasteiger partial charge is 0.337 e.